The van der Waals surface area contributed by atoms with Crippen molar-refractivity contribution >= 4 is 35.0 Å². The number of halogens is 1. The molecule has 4 aromatic rings. The van der Waals surface area contributed by atoms with Crippen LogP contribution in [0.4, 0.5) is 0 Å². The van der Waals surface area contributed by atoms with E-state index in [4.69, 9.17) is 35.5 Å². The molecule has 45 heavy (non-hydrogen) atoms. The molecular weight excluding hydrogens is 612 g/mol. The lowest BCUT2D eigenvalue weighted by molar-refractivity contribution is -0.139. The predicted molar refractivity (Wildman–Crippen MR) is 176 cm³/mol. The van der Waals surface area contributed by atoms with Crippen LogP contribution in [-0.4, -0.2) is 31.4 Å². The molecule has 234 valence electrons. The first-order valence-corrected chi connectivity index (χ1v) is 15.9. The van der Waals surface area contributed by atoms with E-state index < -0.39 is 12.0 Å². The zero-order valence-electron chi connectivity index (χ0n) is 25.9. The lowest BCUT2D eigenvalue weighted by Gasteiger charge is -2.27. The van der Waals surface area contributed by atoms with Crippen molar-refractivity contribution in [1.29, 1.82) is 0 Å². The lowest BCUT2D eigenvalue weighted by Crippen LogP contribution is -2.40. The summed E-state index contributed by atoms with van der Waals surface area (Å²) < 4.78 is 24.8. The number of hydrogen-bond acceptors (Lipinski definition) is 8. The first-order chi connectivity index (χ1) is 21.8. The maximum absolute atomic E-state index is 14.2. The Morgan fingerprint density at radius 1 is 1.00 bits per heavy atom. The van der Waals surface area contributed by atoms with Gasteiger partial charge >= 0.3 is 5.97 Å². The highest BCUT2D eigenvalue weighted by Gasteiger charge is 2.36. The maximum atomic E-state index is 14.2. The van der Waals surface area contributed by atoms with Crippen LogP contribution in [0.3, 0.4) is 0 Å². The summed E-state index contributed by atoms with van der Waals surface area (Å²) in [4.78, 5) is 32.9. The summed E-state index contributed by atoms with van der Waals surface area (Å²) in [6.07, 6.45) is 3.06. The van der Waals surface area contributed by atoms with Crippen LogP contribution in [0, 0.1) is 6.92 Å². The average Bonchev–Trinajstić information content (AvgIpc) is 3.34. The van der Waals surface area contributed by atoms with Crippen LogP contribution in [0.2, 0.25) is 5.02 Å². The first-order valence-electron chi connectivity index (χ1n) is 14.7. The molecular formula is C35H35ClN2O6S. The van der Waals surface area contributed by atoms with Crippen molar-refractivity contribution in [2.75, 3.05) is 20.8 Å². The minimum Gasteiger partial charge on any atom is -0.496 e. The standard InChI is InChI=1S/C35H35ClN2O6S/c1-6-8-26-31(34(40)43-7-2)32(25-19-24(36)14-16-27(25)41-4)38-33(39)30(45-35(38)37-26)18-23-13-15-28(29(17-23)42-5)44-20-22-11-9-21(3)10-12-22/h9-19,32H,6-8,20H2,1-5H3/b30-18+/t32-/m0/s1. The van der Waals surface area contributed by atoms with E-state index in [1.54, 1.807) is 45.4 Å². The second-order valence-electron chi connectivity index (χ2n) is 10.5. The second-order valence-corrected chi connectivity index (χ2v) is 11.9. The minimum atomic E-state index is -0.843. The average molecular weight is 647 g/mol. The SMILES string of the molecule is CCCC1=C(C(=O)OCC)[C@H](c2cc(Cl)ccc2OC)n2c(s/c(=C/c3ccc(OCc4ccc(C)cc4)c(OC)c3)c2=O)=N1. The van der Waals surface area contributed by atoms with Gasteiger partial charge in [0.25, 0.3) is 5.56 Å². The predicted octanol–water partition coefficient (Wildman–Crippen LogP) is 6.14. The van der Waals surface area contributed by atoms with E-state index in [9.17, 15) is 9.59 Å². The van der Waals surface area contributed by atoms with E-state index in [2.05, 4.69) is 0 Å². The number of benzene rings is 3. The molecule has 0 spiro atoms. The summed E-state index contributed by atoms with van der Waals surface area (Å²) in [5.41, 5.74) is 4.12. The zero-order valence-corrected chi connectivity index (χ0v) is 27.5. The largest absolute Gasteiger partial charge is 0.496 e. The molecule has 3 aromatic carbocycles. The van der Waals surface area contributed by atoms with Crippen molar-refractivity contribution in [3.05, 3.63) is 119 Å². The molecule has 8 nitrogen and oxygen atoms in total. The van der Waals surface area contributed by atoms with Gasteiger partial charge in [-0.25, -0.2) is 9.79 Å². The molecule has 1 aromatic heterocycles. The van der Waals surface area contributed by atoms with Crippen molar-refractivity contribution < 1.29 is 23.7 Å². The first kappa shape index (κ1) is 32.1. The summed E-state index contributed by atoms with van der Waals surface area (Å²) in [6.45, 7) is 6.37. The normalized spacial score (nSPS) is 14.5. The molecule has 1 aliphatic heterocycles. The fourth-order valence-corrected chi connectivity index (χ4v) is 6.42. The van der Waals surface area contributed by atoms with Crippen molar-refractivity contribution in [3.63, 3.8) is 0 Å². The molecule has 0 radical (unpaired) electrons. The van der Waals surface area contributed by atoms with E-state index in [0.717, 1.165) is 17.5 Å². The van der Waals surface area contributed by atoms with E-state index in [1.807, 2.05) is 56.3 Å². The minimum absolute atomic E-state index is 0.179. The van der Waals surface area contributed by atoms with Gasteiger partial charge in [0.15, 0.2) is 16.3 Å². The van der Waals surface area contributed by atoms with Gasteiger partial charge < -0.3 is 18.9 Å². The number of carbonyl (C=O) groups is 1. The number of nitrogens with zero attached hydrogens (tertiary/aromatic N) is 2. The summed E-state index contributed by atoms with van der Waals surface area (Å²) >= 11 is 7.69. The number of allylic oxidation sites excluding steroid dienone is 1. The van der Waals surface area contributed by atoms with Crippen molar-refractivity contribution in [2.45, 2.75) is 46.3 Å². The highest BCUT2D eigenvalue weighted by Crippen LogP contribution is 2.38. The fourth-order valence-electron chi connectivity index (χ4n) is 5.22. The molecule has 5 rings (SSSR count). The number of aryl methyl sites for hydroxylation is 1. The van der Waals surface area contributed by atoms with Crippen molar-refractivity contribution in [3.8, 4) is 17.2 Å². The van der Waals surface area contributed by atoms with Crippen molar-refractivity contribution in [1.82, 2.24) is 4.57 Å². The Balaban J connectivity index is 1.61. The highest BCUT2D eigenvalue weighted by atomic mass is 35.5. The Morgan fingerprint density at radius 3 is 2.42 bits per heavy atom. The molecule has 0 N–H and O–H groups in total. The smallest absolute Gasteiger partial charge is 0.338 e. The van der Waals surface area contributed by atoms with E-state index in [-0.39, 0.29) is 12.2 Å². The van der Waals surface area contributed by atoms with Crippen LogP contribution >= 0.6 is 22.9 Å². The monoisotopic (exact) mass is 646 g/mol. The van der Waals surface area contributed by atoms with Crippen molar-refractivity contribution in [2.24, 2.45) is 4.99 Å². The molecule has 2 heterocycles. The quantitative estimate of drug-likeness (QED) is 0.182. The van der Waals surface area contributed by atoms with E-state index in [1.165, 1.54) is 21.5 Å². The third-order valence-corrected chi connectivity index (χ3v) is 8.60. The van der Waals surface area contributed by atoms with Gasteiger partial charge in [-0.1, -0.05) is 72.2 Å². The number of carbonyl (C=O) groups excluding carboxylic acids is 1. The van der Waals surface area contributed by atoms with Gasteiger partial charge in [-0.15, -0.1) is 0 Å². The van der Waals surface area contributed by atoms with Gasteiger partial charge in [0, 0.05) is 10.6 Å². The van der Waals surface area contributed by atoms with Crippen LogP contribution in [-0.2, 0) is 16.1 Å². The second kappa shape index (κ2) is 14.2. The topological polar surface area (TPSA) is 88.4 Å². The van der Waals surface area contributed by atoms with Gasteiger partial charge in [-0.3, -0.25) is 9.36 Å². The number of hydrogen-bond donors (Lipinski definition) is 0. The number of fused-ring (bicyclic) bond motifs is 1. The van der Waals surface area contributed by atoms with Gasteiger partial charge in [-0.2, -0.15) is 0 Å². The summed E-state index contributed by atoms with van der Waals surface area (Å²) in [5, 5.41) is 0.446. The molecule has 10 heteroatoms. The molecule has 0 bridgehead atoms. The third-order valence-electron chi connectivity index (χ3n) is 7.38. The number of esters is 1. The Hall–Kier alpha value is -4.34. The number of rotatable bonds is 11. The summed E-state index contributed by atoms with van der Waals surface area (Å²) in [5.74, 6) is 1.09. The molecule has 0 amide bonds. The number of thiazole rings is 1. The number of aromatic nitrogens is 1. The van der Waals surface area contributed by atoms with Crippen LogP contribution in [0.15, 0.2) is 81.7 Å². The van der Waals surface area contributed by atoms with Crippen LogP contribution in [0.1, 0.15) is 55.0 Å². The molecule has 0 unspecified atom stereocenters. The van der Waals surface area contributed by atoms with Gasteiger partial charge in [-0.05, 0) is 67.8 Å². The van der Waals surface area contributed by atoms with Gasteiger partial charge in [0.1, 0.15) is 18.4 Å². The van der Waals surface area contributed by atoms with Crippen LogP contribution in [0.25, 0.3) is 6.08 Å². The third kappa shape index (κ3) is 6.84. The molecule has 0 fully saturated rings. The molecule has 0 saturated carbocycles. The Labute approximate surface area is 270 Å². The Morgan fingerprint density at radius 2 is 1.73 bits per heavy atom. The molecule has 1 aliphatic rings. The Bertz CT molecular complexity index is 1930. The van der Waals surface area contributed by atoms with E-state index in [0.29, 0.717) is 61.5 Å². The number of methoxy groups -OCH3 is 2. The fraction of sp³-hybridized carbons (Fsp3) is 0.286. The zero-order chi connectivity index (χ0) is 32.1. The summed E-state index contributed by atoms with van der Waals surface area (Å²) in [7, 11) is 3.12. The molecule has 0 saturated heterocycles. The highest BCUT2D eigenvalue weighted by molar-refractivity contribution is 7.07. The lowest BCUT2D eigenvalue weighted by atomic mass is 9.93. The molecule has 0 aliphatic carbocycles. The molecule has 1 atom stereocenters. The van der Waals surface area contributed by atoms with Gasteiger partial charge in [0.2, 0.25) is 0 Å². The number of ether oxygens (including phenoxy) is 4. The Kier molecular flexibility index (Phi) is 10.1. The van der Waals surface area contributed by atoms with Crippen LogP contribution < -0.4 is 29.1 Å². The van der Waals surface area contributed by atoms with Crippen LogP contribution in [0.5, 0.6) is 17.2 Å². The summed E-state index contributed by atoms with van der Waals surface area (Å²) in [6, 6.07) is 18.0. The maximum Gasteiger partial charge on any atom is 0.338 e. The van der Waals surface area contributed by atoms with E-state index >= 15 is 0 Å². The van der Waals surface area contributed by atoms with Gasteiger partial charge in [0.05, 0.1) is 36.6 Å².